The Kier molecular flexibility index (Phi) is 4.43. The van der Waals surface area contributed by atoms with E-state index in [1.54, 1.807) is 0 Å². The number of alkyl halides is 2. The van der Waals surface area contributed by atoms with Crippen molar-refractivity contribution in [1.29, 1.82) is 0 Å². The van der Waals surface area contributed by atoms with E-state index in [-0.39, 0.29) is 27.1 Å². The Balaban J connectivity index is 2.60. The molecule has 0 unspecified atom stereocenters. The zero-order valence-corrected chi connectivity index (χ0v) is 12.1. The fourth-order valence-corrected chi connectivity index (χ4v) is 2.15. The van der Waals surface area contributed by atoms with Gasteiger partial charge in [0.05, 0.1) is 10.7 Å². The van der Waals surface area contributed by atoms with E-state index in [9.17, 15) is 13.2 Å². The molecule has 2 aromatic rings. The zero-order chi connectivity index (χ0) is 15.7. The van der Waals surface area contributed by atoms with Gasteiger partial charge in [-0.15, -0.1) is 0 Å². The molecule has 0 spiro atoms. The van der Waals surface area contributed by atoms with Gasteiger partial charge in [0.25, 0.3) is 0 Å². The summed E-state index contributed by atoms with van der Waals surface area (Å²) in [5.74, 6) is -1.19. The van der Waals surface area contributed by atoms with Crippen molar-refractivity contribution in [3.05, 3.63) is 34.2 Å². The minimum Gasteiger partial charge on any atom is -0.416 e. The molecule has 0 saturated carbocycles. The smallest absolute Gasteiger partial charge is 0.388 e. The molecule has 0 bridgehead atoms. The first-order chi connectivity index (χ1) is 9.85. The van der Waals surface area contributed by atoms with E-state index >= 15 is 0 Å². The first-order valence-corrected chi connectivity index (χ1v) is 6.27. The van der Waals surface area contributed by atoms with Crippen molar-refractivity contribution in [3.63, 3.8) is 0 Å². The van der Waals surface area contributed by atoms with Crippen LogP contribution in [0, 0.1) is 5.82 Å². The Morgan fingerprint density at radius 2 is 2.05 bits per heavy atom. The van der Waals surface area contributed by atoms with Gasteiger partial charge < -0.3 is 4.74 Å². The lowest BCUT2D eigenvalue weighted by atomic mass is 10.2. The molecule has 0 N–H and O–H groups in total. The van der Waals surface area contributed by atoms with Crippen molar-refractivity contribution in [2.45, 2.75) is 6.61 Å². The molecule has 2 rings (SSSR count). The Hall–Kier alpha value is -1.73. The van der Waals surface area contributed by atoms with Gasteiger partial charge in [0, 0.05) is 7.05 Å². The number of rotatable bonds is 4. The summed E-state index contributed by atoms with van der Waals surface area (Å²) in [5, 5.41) is 3.63. The highest BCUT2D eigenvalue weighted by atomic mass is 35.5. The lowest BCUT2D eigenvalue weighted by Crippen LogP contribution is -2.06. The fourth-order valence-electron chi connectivity index (χ4n) is 1.64. The van der Waals surface area contributed by atoms with Gasteiger partial charge in [0.2, 0.25) is 5.88 Å². The van der Waals surface area contributed by atoms with E-state index in [0.29, 0.717) is 0 Å². The summed E-state index contributed by atoms with van der Waals surface area (Å²) in [7, 11) is 1.33. The Labute approximate surface area is 127 Å². The summed E-state index contributed by atoms with van der Waals surface area (Å²) in [6.07, 6.45) is 1.32. The SMILES string of the molecule is C=Cc1nc(-c2nn(C)c(OC(F)F)c2Cl)c(F)cc1Cl. The largest absolute Gasteiger partial charge is 0.416 e. The van der Waals surface area contributed by atoms with Crippen LogP contribution >= 0.6 is 23.2 Å². The van der Waals surface area contributed by atoms with E-state index in [4.69, 9.17) is 23.2 Å². The molecule has 0 aromatic carbocycles. The number of aryl methyl sites for hydroxylation is 1. The molecule has 0 atom stereocenters. The van der Waals surface area contributed by atoms with Crippen molar-refractivity contribution in [2.24, 2.45) is 7.05 Å². The maximum Gasteiger partial charge on any atom is 0.388 e. The van der Waals surface area contributed by atoms with E-state index in [0.717, 1.165) is 10.7 Å². The standard InChI is InChI=1S/C12H8Cl2F3N3O/c1-3-7-5(13)4-6(15)9(18-7)10-8(14)11(20(2)19-10)21-12(16)17/h3-4,12H,1H2,2H3. The van der Waals surface area contributed by atoms with Crippen LogP contribution in [-0.2, 0) is 7.05 Å². The van der Waals surface area contributed by atoms with Crippen LogP contribution in [-0.4, -0.2) is 21.4 Å². The first-order valence-electron chi connectivity index (χ1n) is 5.51. The number of aromatic nitrogens is 3. The molecule has 0 aliphatic carbocycles. The fraction of sp³-hybridized carbons (Fsp3) is 0.167. The van der Waals surface area contributed by atoms with Crippen LogP contribution in [0.1, 0.15) is 5.69 Å². The van der Waals surface area contributed by atoms with Gasteiger partial charge in [0.1, 0.15) is 16.4 Å². The summed E-state index contributed by atoms with van der Waals surface area (Å²) in [6.45, 7) is 0.403. The summed E-state index contributed by atoms with van der Waals surface area (Å²) in [5.41, 5.74) is -0.155. The minimum absolute atomic E-state index is 0.0577. The van der Waals surface area contributed by atoms with Crippen LogP contribution in [0.15, 0.2) is 12.6 Å². The highest BCUT2D eigenvalue weighted by Gasteiger charge is 2.24. The molecule has 4 nitrogen and oxygen atoms in total. The number of pyridine rings is 1. The molecule has 0 saturated heterocycles. The number of hydrogen-bond acceptors (Lipinski definition) is 3. The van der Waals surface area contributed by atoms with Crippen LogP contribution in [0.3, 0.4) is 0 Å². The monoisotopic (exact) mass is 337 g/mol. The normalized spacial score (nSPS) is 11.0. The molecular formula is C12H8Cl2F3N3O. The van der Waals surface area contributed by atoms with Crippen LogP contribution in [0.4, 0.5) is 13.2 Å². The topological polar surface area (TPSA) is 39.9 Å². The summed E-state index contributed by atoms with van der Waals surface area (Å²) < 4.78 is 43.8. The van der Waals surface area contributed by atoms with Gasteiger partial charge in [-0.2, -0.15) is 13.9 Å². The third-order valence-corrected chi connectivity index (χ3v) is 3.16. The molecule has 0 amide bonds. The molecule has 0 aliphatic heterocycles. The molecule has 112 valence electrons. The van der Waals surface area contributed by atoms with Gasteiger partial charge in [-0.3, -0.25) is 0 Å². The molecule has 9 heteroatoms. The zero-order valence-electron chi connectivity index (χ0n) is 10.6. The van der Waals surface area contributed by atoms with Gasteiger partial charge in [-0.1, -0.05) is 29.8 Å². The Morgan fingerprint density at radius 3 is 2.62 bits per heavy atom. The number of ether oxygens (including phenoxy) is 1. The Morgan fingerprint density at radius 1 is 1.38 bits per heavy atom. The minimum atomic E-state index is -3.09. The van der Waals surface area contributed by atoms with Gasteiger partial charge in [-0.25, -0.2) is 14.1 Å². The van der Waals surface area contributed by atoms with Crippen LogP contribution < -0.4 is 4.74 Å². The van der Waals surface area contributed by atoms with Crippen molar-refractivity contribution in [2.75, 3.05) is 0 Å². The van der Waals surface area contributed by atoms with Crippen LogP contribution in [0.25, 0.3) is 17.5 Å². The van der Waals surface area contributed by atoms with E-state index in [1.807, 2.05) is 0 Å². The number of nitrogens with zero attached hydrogens (tertiary/aromatic N) is 3. The van der Waals surface area contributed by atoms with Crippen molar-refractivity contribution < 1.29 is 17.9 Å². The second-order valence-electron chi connectivity index (χ2n) is 3.86. The van der Waals surface area contributed by atoms with Gasteiger partial charge in [-0.05, 0) is 12.1 Å². The highest BCUT2D eigenvalue weighted by molar-refractivity contribution is 6.34. The molecule has 0 fully saturated rings. The lowest BCUT2D eigenvalue weighted by Gasteiger charge is -2.04. The molecule has 0 aliphatic rings. The third-order valence-electron chi connectivity index (χ3n) is 2.51. The van der Waals surface area contributed by atoms with E-state index in [1.165, 1.54) is 13.1 Å². The van der Waals surface area contributed by atoms with Crippen LogP contribution in [0.2, 0.25) is 10.0 Å². The molecule has 2 heterocycles. The predicted molar refractivity (Wildman–Crippen MR) is 73.1 cm³/mol. The average molecular weight is 338 g/mol. The van der Waals surface area contributed by atoms with Crippen molar-refractivity contribution in [3.8, 4) is 17.3 Å². The second-order valence-corrected chi connectivity index (χ2v) is 4.65. The third kappa shape index (κ3) is 2.98. The van der Waals surface area contributed by atoms with E-state index in [2.05, 4.69) is 21.4 Å². The average Bonchev–Trinajstić information content (AvgIpc) is 2.66. The number of halogens is 5. The molecular weight excluding hydrogens is 330 g/mol. The quantitative estimate of drug-likeness (QED) is 0.840. The maximum absolute atomic E-state index is 14.0. The van der Waals surface area contributed by atoms with Crippen molar-refractivity contribution in [1.82, 2.24) is 14.8 Å². The Bertz CT molecular complexity index is 704. The molecule has 0 radical (unpaired) electrons. The van der Waals surface area contributed by atoms with Gasteiger partial charge >= 0.3 is 6.61 Å². The second kappa shape index (κ2) is 5.95. The number of hydrogen-bond donors (Lipinski definition) is 0. The maximum atomic E-state index is 14.0. The molecule has 21 heavy (non-hydrogen) atoms. The molecule has 2 aromatic heterocycles. The van der Waals surface area contributed by atoms with Crippen LogP contribution in [0.5, 0.6) is 5.88 Å². The highest BCUT2D eigenvalue weighted by Crippen LogP contribution is 2.36. The first kappa shape index (κ1) is 15.7. The van der Waals surface area contributed by atoms with Gasteiger partial charge in [0.15, 0.2) is 5.82 Å². The predicted octanol–water partition coefficient (Wildman–Crippen LogP) is 4.17. The summed E-state index contributed by atoms with van der Waals surface area (Å²) in [6, 6.07) is 1.01. The van der Waals surface area contributed by atoms with Crippen molar-refractivity contribution >= 4 is 29.3 Å². The lowest BCUT2D eigenvalue weighted by molar-refractivity contribution is -0.0552. The summed E-state index contributed by atoms with van der Waals surface area (Å²) in [4.78, 5) is 3.93. The van der Waals surface area contributed by atoms with E-state index < -0.39 is 18.3 Å². The summed E-state index contributed by atoms with van der Waals surface area (Å²) >= 11 is 11.7.